The molecule has 2 unspecified atom stereocenters. The molecule has 7 heteroatoms. The van der Waals surface area contributed by atoms with E-state index in [-0.39, 0.29) is 11.8 Å². The van der Waals surface area contributed by atoms with E-state index in [1.807, 2.05) is 0 Å². The molecule has 2 N–H and O–H groups in total. The van der Waals surface area contributed by atoms with Crippen LogP contribution in [0, 0.1) is 11.8 Å². The fraction of sp³-hybridized carbons (Fsp3) is 0.273. The molecule has 0 spiro atoms. The number of hydrogen-bond donors (Lipinski definition) is 2. The molecule has 7 nitrogen and oxygen atoms in total. The van der Waals surface area contributed by atoms with Gasteiger partial charge in [-0.25, -0.2) is 4.90 Å². The molecule has 0 bridgehead atoms. The Bertz CT molecular complexity index is 981. The molecule has 148 valence electrons. The van der Waals surface area contributed by atoms with Gasteiger partial charge in [0.25, 0.3) is 11.8 Å². The number of amides is 3. The molecular formula is C22H20N2O5. The van der Waals surface area contributed by atoms with E-state index in [2.05, 4.69) is 5.32 Å². The predicted molar refractivity (Wildman–Crippen MR) is 106 cm³/mol. The monoisotopic (exact) mass is 392 g/mol. The summed E-state index contributed by atoms with van der Waals surface area (Å²) < 4.78 is 0. The Morgan fingerprint density at radius 3 is 2.24 bits per heavy atom. The lowest BCUT2D eigenvalue weighted by atomic mass is 9.81. The number of nitrogens with zero attached hydrogens (tertiary/aromatic N) is 1. The molecule has 1 aliphatic carbocycles. The van der Waals surface area contributed by atoms with Crippen molar-refractivity contribution in [2.45, 2.75) is 25.7 Å². The first kappa shape index (κ1) is 18.9. The quantitative estimate of drug-likeness (QED) is 0.777. The number of carboxylic acid groups (broad SMARTS) is 1. The Hall–Kier alpha value is -3.48. The number of carbonyl (C=O) groups is 4. The molecule has 0 radical (unpaired) electrons. The largest absolute Gasteiger partial charge is 0.481 e. The van der Waals surface area contributed by atoms with Gasteiger partial charge in [-0.05, 0) is 49.6 Å². The summed E-state index contributed by atoms with van der Waals surface area (Å²) in [6.45, 7) is 0. The van der Waals surface area contributed by atoms with Gasteiger partial charge in [-0.2, -0.15) is 0 Å². The first-order valence-electron chi connectivity index (χ1n) is 9.57. The summed E-state index contributed by atoms with van der Waals surface area (Å²) in [6.07, 6.45) is 2.26. The molecule has 0 aromatic heterocycles. The third kappa shape index (κ3) is 3.51. The lowest BCUT2D eigenvalue weighted by Gasteiger charge is -2.25. The summed E-state index contributed by atoms with van der Waals surface area (Å²) in [5.41, 5.74) is 1.55. The van der Waals surface area contributed by atoms with Crippen molar-refractivity contribution in [2.24, 2.45) is 11.8 Å². The molecule has 29 heavy (non-hydrogen) atoms. The third-order valence-electron chi connectivity index (χ3n) is 5.56. The molecule has 2 atom stereocenters. The number of rotatable bonds is 4. The van der Waals surface area contributed by atoms with Crippen molar-refractivity contribution in [1.82, 2.24) is 0 Å². The maximum absolute atomic E-state index is 12.7. The van der Waals surface area contributed by atoms with Crippen molar-refractivity contribution in [3.63, 3.8) is 0 Å². The molecule has 1 fully saturated rings. The van der Waals surface area contributed by atoms with E-state index >= 15 is 0 Å². The summed E-state index contributed by atoms with van der Waals surface area (Å²) in [5, 5.41) is 12.0. The van der Waals surface area contributed by atoms with E-state index in [1.165, 1.54) is 0 Å². The van der Waals surface area contributed by atoms with Gasteiger partial charge in [-0.3, -0.25) is 19.2 Å². The molecule has 3 amide bonds. The standard InChI is InChI=1S/C22H20N2O5/c25-19(13-5-3-6-14(11-13)22(28)29)23-15-7-4-8-16(12-15)24-20(26)17-9-1-2-10-18(17)21(24)27/h1-2,4,7-10,12-14H,3,5-6,11H2,(H,23,25)(H,28,29). The fourth-order valence-corrected chi connectivity index (χ4v) is 4.04. The Morgan fingerprint density at radius 2 is 1.59 bits per heavy atom. The van der Waals surface area contributed by atoms with Crippen LogP contribution >= 0.6 is 0 Å². The Balaban J connectivity index is 1.51. The van der Waals surface area contributed by atoms with E-state index in [9.17, 15) is 24.3 Å². The number of fused-ring (bicyclic) bond motifs is 1. The maximum atomic E-state index is 12.7. The number of benzene rings is 2. The van der Waals surface area contributed by atoms with Crippen LogP contribution in [-0.2, 0) is 9.59 Å². The van der Waals surface area contributed by atoms with Gasteiger partial charge in [0, 0.05) is 11.6 Å². The summed E-state index contributed by atoms with van der Waals surface area (Å²) in [7, 11) is 0. The zero-order chi connectivity index (χ0) is 20.5. The first-order valence-corrected chi connectivity index (χ1v) is 9.57. The van der Waals surface area contributed by atoms with Crippen LogP contribution in [0.5, 0.6) is 0 Å². The number of carbonyl (C=O) groups excluding carboxylic acids is 3. The summed E-state index contributed by atoms with van der Waals surface area (Å²) in [6, 6.07) is 13.2. The summed E-state index contributed by atoms with van der Waals surface area (Å²) in [4.78, 5) is 50.2. The maximum Gasteiger partial charge on any atom is 0.306 e. The molecule has 1 heterocycles. The van der Waals surface area contributed by atoms with Gasteiger partial charge in [0.1, 0.15) is 0 Å². The second-order valence-corrected chi connectivity index (χ2v) is 7.43. The van der Waals surface area contributed by atoms with Gasteiger partial charge in [0.15, 0.2) is 0 Å². The average Bonchev–Trinajstić information content (AvgIpc) is 2.99. The SMILES string of the molecule is O=C(O)C1CCCC(C(=O)Nc2cccc(N3C(=O)c4ccccc4C3=O)c2)C1. The zero-order valence-electron chi connectivity index (χ0n) is 15.6. The van der Waals surface area contributed by atoms with Crippen LogP contribution in [0.2, 0.25) is 0 Å². The van der Waals surface area contributed by atoms with Crippen LogP contribution in [0.15, 0.2) is 48.5 Å². The molecule has 1 saturated carbocycles. The average molecular weight is 392 g/mol. The Labute approximate surface area is 167 Å². The molecule has 4 rings (SSSR count). The van der Waals surface area contributed by atoms with E-state index < -0.39 is 23.7 Å². The van der Waals surface area contributed by atoms with E-state index in [1.54, 1.807) is 48.5 Å². The Morgan fingerprint density at radius 1 is 0.931 bits per heavy atom. The van der Waals surface area contributed by atoms with E-state index in [0.29, 0.717) is 48.2 Å². The summed E-state index contributed by atoms with van der Waals surface area (Å²) >= 11 is 0. The number of aliphatic carboxylic acids is 1. The number of nitrogens with one attached hydrogen (secondary N) is 1. The van der Waals surface area contributed by atoms with Crippen LogP contribution in [0.25, 0.3) is 0 Å². The summed E-state index contributed by atoms with van der Waals surface area (Å²) in [5.74, 6) is -2.76. The van der Waals surface area contributed by atoms with Crippen molar-refractivity contribution in [2.75, 3.05) is 10.2 Å². The number of hydrogen-bond acceptors (Lipinski definition) is 4. The van der Waals surface area contributed by atoms with Crippen LogP contribution in [-0.4, -0.2) is 28.8 Å². The minimum atomic E-state index is -0.866. The lowest BCUT2D eigenvalue weighted by molar-refractivity contribution is -0.143. The molecule has 2 aliphatic rings. The van der Waals surface area contributed by atoms with E-state index in [0.717, 1.165) is 4.90 Å². The smallest absolute Gasteiger partial charge is 0.306 e. The second kappa shape index (κ2) is 7.50. The van der Waals surface area contributed by atoms with Crippen molar-refractivity contribution >= 4 is 35.1 Å². The highest BCUT2D eigenvalue weighted by Crippen LogP contribution is 2.32. The van der Waals surface area contributed by atoms with Crippen LogP contribution in [0.1, 0.15) is 46.4 Å². The van der Waals surface area contributed by atoms with Gasteiger partial charge in [0.05, 0.1) is 22.7 Å². The number of imide groups is 1. The van der Waals surface area contributed by atoms with Gasteiger partial charge in [0.2, 0.25) is 5.91 Å². The zero-order valence-corrected chi connectivity index (χ0v) is 15.6. The van der Waals surface area contributed by atoms with Gasteiger partial charge in [-0.1, -0.05) is 24.6 Å². The predicted octanol–water partition coefficient (Wildman–Crippen LogP) is 3.32. The van der Waals surface area contributed by atoms with Crippen LogP contribution < -0.4 is 10.2 Å². The van der Waals surface area contributed by atoms with Gasteiger partial charge >= 0.3 is 5.97 Å². The lowest BCUT2D eigenvalue weighted by Crippen LogP contribution is -2.31. The minimum Gasteiger partial charge on any atom is -0.481 e. The minimum absolute atomic E-state index is 0.240. The number of carboxylic acids is 1. The van der Waals surface area contributed by atoms with Crippen molar-refractivity contribution in [1.29, 1.82) is 0 Å². The Kier molecular flexibility index (Phi) is 4.88. The van der Waals surface area contributed by atoms with Gasteiger partial charge in [-0.15, -0.1) is 0 Å². The third-order valence-corrected chi connectivity index (χ3v) is 5.56. The molecule has 2 aromatic carbocycles. The topological polar surface area (TPSA) is 104 Å². The highest BCUT2D eigenvalue weighted by Gasteiger charge is 2.36. The van der Waals surface area contributed by atoms with Crippen LogP contribution in [0.3, 0.4) is 0 Å². The van der Waals surface area contributed by atoms with Crippen LogP contribution in [0.4, 0.5) is 11.4 Å². The van der Waals surface area contributed by atoms with E-state index in [4.69, 9.17) is 0 Å². The molecule has 0 saturated heterocycles. The molecule has 2 aromatic rings. The van der Waals surface area contributed by atoms with Crippen molar-refractivity contribution < 1.29 is 24.3 Å². The van der Waals surface area contributed by atoms with Crippen molar-refractivity contribution in [3.8, 4) is 0 Å². The number of anilines is 2. The molecular weight excluding hydrogens is 372 g/mol. The fourth-order valence-electron chi connectivity index (χ4n) is 4.04. The van der Waals surface area contributed by atoms with Crippen molar-refractivity contribution in [3.05, 3.63) is 59.7 Å². The van der Waals surface area contributed by atoms with Gasteiger partial charge < -0.3 is 10.4 Å². The second-order valence-electron chi connectivity index (χ2n) is 7.43. The highest BCUT2D eigenvalue weighted by molar-refractivity contribution is 6.34. The highest BCUT2D eigenvalue weighted by atomic mass is 16.4. The normalized spacial score (nSPS) is 21.0. The first-order chi connectivity index (χ1) is 14.0. The molecule has 1 aliphatic heterocycles.